The number of aromatic carboxylic acids is 1. The molecule has 2 heterocycles. The van der Waals surface area contributed by atoms with E-state index in [1.54, 1.807) is 6.20 Å². The van der Waals surface area contributed by atoms with Crippen molar-refractivity contribution in [3.05, 3.63) is 33.5 Å². The second-order valence-electron chi connectivity index (χ2n) is 6.03. The van der Waals surface area contributed by atoms with Crippen LogP contribution >= 0.6 is 11.3 Å². The first-order chi connectivity index (χ1) is 11.5. The van der Waals surface area contributed by atoms with Crippen LogP contribution < -0.4 is 5.32 Å². The number of carbonyl (C=O) groups excluding carboxylic acids is 1. The molecule has 1 aliphatic rings. The van der Waals surface area contributed by atoms with Crippen molar-refractivity contribution in [2.24, 2.45) is 0 Å². The summed E-state index contributed by atoms with van der Waals surface area (Å²) in [4.78, 5) is 27.3. The van der Waals surface area contributed by atoms with Gasteiger partial charge in [0.2, 0.25) is 0 Å². The van der Waals surface area contributed by atoms with Gasteiger partial charge in [0.15, 0.2) is 5.69 Å². The first-order valence-electron chi connectivity index (χ1n) is 8.04. The molecule has 1 atom stereocenters. The number of aromatic nitrogens is 3. The molecule has 1 amide bonds. The number of carboxylic acid groups (broad SMARTS) is 1. The Hall–Kier alpha value is -2.22. The molecule has 1 unspecified atom stereocenters. The molecule has 0 spiro atoms. The zero-order valence-corrected chi connectivity index (χ0v) is 14.5. The molecule has 128 valence electrons. The molecular formula is C16H20N4O3S. The topological polar surface area (TPSA) is 97.1 Å². The summed E-state index contributed by atoms with van der Waals surface area (Å²) in [5.74, 6) is -0.825. The lowest BCUT2D eigenvalue weighted by Gasteiger charge is -2.14. The van der Waals surface area contributed by atoms with E-state index in [1.807, 2.05) is 4.68 Å². The van der Waals surface area contributed by atoms with Gasteiger partial charge < -0.3 is 10.4 Å². The average Bonchev–Trinajstić information content (AvgIpc) is 3.13. The van der Waals surface area contributed by atoms with Crippen LogP contribution in [0.1, 0.15) is 76.6 Å². The van der Waals surface area contributed by atoms with Crippen LogP contribution in [0.5, 0.6) is 0 Å². The van der Waals surface area contributed by atoms with Gasteiger partial charge >= 0.3 is 5.97 Å². The van der Waals surface area contributed by atoms with Gasteiger partial charge in [-0.15, -0.1) is 11.3 Å². The lowest BCUT2D eigenvalue weighted by molar-refractivity contribution is 0.0691. The summed E-state index contributed by atoms with van der Waals surface area (Å²) in [5.41, 5.74) is 1.65. The number of hydrogen-bond acceptors (Lipinski definition) is 5. The lowest BCUT2D eigenvalue weighted by atomic mass is 10.1. The molecule has 24 heavy (non-hydrogen) atoms. The minimum absolute atomic E-state index is 0.00695. The minimum atomic E-state index is -1.06. The van der Waals surface area contributed by atoms with Gasteiger partial charge in [-0.3, -0.25) is 9.48 Å². The molecule has 2 N–H and O–H groups in total. The van der Waals surface area contributed by atoms with Crippen molar-refractivity contribution in [1.82, 2.24) is 20.1 Å². The van der Waals surface area contributed by atoms with Crippen molar-refractivity contribution in [3.8, 4) is 0 Å². The summed E-state index contributed by atoms with van der Waals surface area (Å²) in [6.45, 7) is 4.42. The van der Waals surface area contributed by atoms with E-state index < -0.39 is 5.97 Å². The molecule has 1 saturated carbocycles. The van der Waals surface area contributed by atoms with Gasteiger partial charge in [0.25, 0.3) is 5.91 Å². The van der Waals surface area contributed by atoms with Crippen molar-refractivity contribution in [2.75, 3.05) is 0 Å². The monoisotopic (exact) mass is 348 g/mol. The van der Waals surface area contributed by atoms with Crippen molar-refractivity contribution in [3.63, 3.8) is 0 Å². The number of carbonyl (C=O) groups is 2. The molecular weight excluding hydrogens is 328 g/mol. The van der Waals surface area contributed by atoms with Crippen LogP contribution in [0.3, 0.4) is 0 Å². The van der Waals surface area contributed by atoms with E-state index in [-0.39, 0.29) is 24.2 Å². The smallest absolute Gasteiger partial charge is 0.355 e. The van der Waals surface area contributed by atoms with E-state index in [4.69, 9.17) is 5.11 Å². The lowest BCUT2D eigenvalue weighted by Crippen LogP contribution is -2.24. The largest absolute Gasteiger partial charge is 0.476 e. The van der Waals surface area contributed by atoms with Crippen LogP contribution in [0.25, 0.3) is 0 Å². The molecule has 0 bridgehead atoms. The molecule has 2 aromatic heterocycles. The SMILES string of the molecule is CCC(C)n1ncc(C(=O)NCc2nc(C(=O)O)cs2)c1C1CC1. The number of amides is 1. The third-order valence-electron chi connectivity index (χ3n) is 4.22. The van der Waals surface area contributed by atoms with E-state index in [0.29, 0.717) is 16.5 Å². The number of hydrogen-bond donors (Lipinski definition) is 2. The first-order valence-corrected chi connectivity index (χ1v) is 8.92. The summed E-state index contributed by atoms with van der Waals surface area (Å²) in [6, 6.07) is 0.263. The van der Waals surface area contributed by atoms with Crippen LogP contribution in [0.2, 0.25) is 0 Å². The van der Waals surface area contributed by atoms with Gasteiger partial charge in [-0.1, -0.05) is 6.92 Å². The molecule has 0 aliphatic heterocycles. The Morgan fingerprint density at radius 2 is 2.25 bits per heavy atom. The third-order valence-corrected chi connectivity index (χ3v) is 5.07. The zero-order chi connectivity index (χ0) is 17.3. The Balaban J connectivity index is 1.72. The van der Waals surface area contributed by atoms with Gasteiger partial charge in [-0.2, -0.15) is 5.10 Å². The molecule has 0 radical (unpaired) electrons. The van der Waals surface area contributed by atoms with Crippen LogP contribution in [0.15, 0.2) is 11.6 Å². The Morgan fingerprint density at radius 3 is 2.83 bits per heavy atom. The van der Waals surface area contributed by atoms with E-state index in [9.17, 15) is 9.59 Å². The maximum Gasteiger partial charge on any atom is 0.355 e. The summed E-state index contributed by atoms with van der Waals surface area (Å²) in [5, 5.41) is 18.2. The molecule has 1 fully saturated rings. The van der Waals surface area contributed by atoms with E-state index in [0.717, 1.165) is 25.0 Å². The molecule has 0 saturated heterocycles. The standard InChI is InChI=1S/C16H20N4O3S/c1-3-9(2)20-14(10-4-5-10)11(6-18-20)15(21)17-7-13-19-12(8-24-13)16(22)23/h6,8-10H,3-5,7H2,1-2H3,(H,17,21)(H,22,23). The molecule has 2 aromatic rings. The number of carboxylic acids is 1. The predicted octanol–water partition coefficient (Wildman–Crippen LogP) is 2.82. The molecule has 1 aliphatic carbocycles. The van der Waals surface area contributed by atoms with Crippen molar-refractivity contribution in [2.45, 2.75) is 51.6 Å². The minimum Gasteiger partial charge on any atom is -0.476 e. The van der Waals surface area contributed by atoms with Crippen molar-refractivity contribution >= 4 is 23.2 Å². The summed E-state index contributed by atoms with van der Waals surface area (Å²) in [6.07, 6.45) is 4.78. The quantitative estimate of drug-likeness (QED) is 0.802. The van der Waals surface area contributed by atoms with Gasteiger partial charge in [0, 0.05) is 17.3 Å². The molecule has 7 nitrogen and oxygen atoms in total. The van der Waals surface area contributed by atoms with Crippen LogP contribution in [-0.4, -0.2) is 31.7 Å². The second kappa shape index (κ2) is 6.72. The Labute approximate surface area is 143 Å². The second-order valence-corrected chi connectivity index (χ2v) is 6.98. The molecule has 8 heteroatoms. The fourth-order valence-corrected chi connectivity index (χ4v) is 3.28. The van der Waals surface area contributed by atoms with E-state index in [2.05, 4.69) is 29.2 Å². The highest BCUT2D eigenvalue weighted by molar-refractivity contribution is 7.09. The Kier molecular flexibility index (Phi) is 4.66. The van der Waals surface area contributed by atoms with Crippen molar-refractivity contribution < 1.29 is 14.7 Å². The average molecular weight is 348 g/mol. The van der Waals surface area contributed by atoms with E-state index >= 15 is 0 Å². The number of nitrogens with one attached hydrogen (secondary N) is 1. The molecule has 0 aromatic carbocycles. The van der Waals surface area contributed by atoms with Gasteiger partial charge in [0.1, 0.15) is 5.01 Å². The first kappa shape index (κ1) is 16.6. The third kappa shape index (κ3) is 3.33. The number of thiazole rings is 1. The highest BCUT2D eigenvalue weighted by atomic mass is 32.1. The Morgan fingerprint density at radius 1 is 1.50 bits per heavy atom. The predicted molar refractivity (Wildman–Crippen MR) is 89.4 cm³/mol. The fraction of sp³-hybridized carbons (Fsp3) is 0.500. The maximum absolute atomic E-state index is 12.5. The normalized spacial score (nSPS) is 15.2. The summed E-state index contributed by atoms with van der Waals surface area (Å²) < 4.78 is 1.97. The highest BCUT2D eigenvalue weighted by Gasteiger charge is 2.33. The zero-order valence-electron chi connectivity index (χ0n) is 13.7. The van der Waals surface area contributed by atoms with Gasteiger partial charge in [-0.05, 0) is 26.2 Å². The maximum atomic E-state index is 12.5. The summed E-state index contributed by atoms with van der Waals surface area (Å²) in [7, 11) is 0. The van der Waals surface area contributed by atoms with Crippen LogP contribution in [-0.2, 0) is 6.54 Å². The van der Waals surface area contributed by atoms with Crippen molar-refractivity contribution in [1.29, 1.82) is 0 Å². The summed E-state index contributed by atoms with van der Waals surface area (Å²) >= 11 is 1.22. The Bertz CT molecular complexity index is 763. The van der Waals surface area contributed by atoms with Gasteiger partial charge in [-0.25, -0.2) is 9.78 Å². The fourth-order valence-electron chi connectivity index (χ4n) is 2.58. The highest BCUT2D eigenvalue weighted by Crippen LogP contribution is 2.42. The van der Waals surface area contributed by atoms with Crippen LogP contribution in [0, 0.1) is 0 Å². The van der Waals surface area contributed by atoms with Crippen LogP contribution in [0.4, 0.5) is 0 Å². The van der Waals surface area contributed by atoms with E-state index in [1.165, 1.54) is 16.7 Å². The van der Waals surface area contributed by atoms with Gasteiger partial charge in [0.05, 0.1) is 24.0 Å². The number of nitrogens with zero attached hydrogens (tertiary/aromatic N) is 3. The number of rotatable bonds is 7. The molecule has 3 rings (SSSR count).